The molecule has 0 spiro atoms. The van der Waals surface area contributed by atoms with E-state index in [0.717, 1.165) is 23.7 Å². The Kier molecular flexibility index (Phi) is 4.45. The smallest absolute Gasteiger partial charge is 0.164 e. The van der Waals surface area contributed by atoms with E-state index in [4.69, 9.17) is 0 Å². The molecule has 24 heavy (non-hydrogen) atoms. The Bertz CT molecular complexity index is 899. The van der Waals surface area contributed by atoms with Crippen molar-refractivity contribution < 1.29 is 8.42 Å². The monoisotopic (exact) mass is 342 g/mol. The third-order valence-electron chi connectivity index (χ3n) is 4.56. The van der Waals surface area contributed by atoms with E-state index in [1.807, 2.05) is 48.5 Å². The molecule has 0 saturated carbocycles. The van der Waals surface area contributed by atoms with E-state index in [9.17, 15) is 8.42 Å². The molecule has 0 aliphatic carbocycles. The van der Waals surface area contributed by atoms with Gasteiger partial charge in [0.05, 0.1) is 5.69 Å². The summed E-state index contributed by atoms with van der Waals surface area (Å²) in [5, 5.41) is 1.01. The molecule has 3 aromatic rings. The van der Waals surface area contributed by atoms with Crippen LogP contribution in [0, 0.1) is 0 Å². The van der Waals surface area contributed by atoms with Crippen LogP contribution in [0.15, 0.2) is 54.7 Å². The number of nitrogens with zero attached hydrogens (tertiary/aromatic N) is 1. The molecule has 0 saturated heterocycles. The van der Waals surface area contributed by atoms with E-state index in [2.05, 4.69) is 16.9 Å². The number of aromatic amines is 1. The van der Waals surface area contributed by atoms with Crippen LogP contribution in [0.1, 0.15) is 37.6 Å². The molecule has 2 heterocycles. The van der Waals surface area contributed by atoms with Gasteiger partial charge in [-0.15, -0.1) is 0 Å². The number of nitrogens with one attached hydrogen (secondary N) is 1. The summed E-state index contributed by atoms with van der Waals surface area (Å²) in [5.41, 5.74) is 2.21. The maximum absolute atomic E-state index is 13.0. The normalized spacial score (nSPS) is 14.6. The van der Waals surface area contributed by atoms with Crippen LogP contribution < -0.4 is 0 Å². The molecule has 0 aliphatic heterocycles. The Morgan fingerprint density at radius 1 is 1.12 bits per heavy atom. The number of unbranched alkanes of at least 4 members (excludes halogenated alkanes) is 1. The minimum Gasteiger partial charge on any atom is -0.357 e. The lowest BCUT2D eigenvalue weighted by Crippen LogP contribution is -2.37. The van der Waals surface area contributed by atoms with Gasteiger partial charge in [-0.2, -0.15) is 0 Å². The van der Waals surface area contributed by atoms with Crippen molar-refractivity contribution >= 4 is 20.7 Å². The molecule has 4 nitrogen and oxygen atoms in total. The van der Waals surface area contributed by atoms with Gasteiger partial charge in [0, 0.05) is 23.7 Å². The first-order valence-corrected chi connectivity index (χ1v) is 10.1. The van der Waals surface area contributed by atoms with E-state index < -0.39 is 14.6 Å². The van der Waals surface area contributed by atoms with Gasteiger partial charge in [-0.25, -0.2) is 8.42 Å². The summed E-state index contributed by atoms with van der Waals surface area (Å²) in [4.78, 5) is 7.75. The van der Waals surface area contributed by atoms with Crippen molar-refractivity contribution in [2.24, 2.45) is 0 Å². The minimum absolute atomic E-state index is 0.506. The SMILES string of the molecule is CCCCC(c1ccccn1)(c1cc2ccccc2[nH]1)S(C)(=O)=O. The lowest BCUT2D eigenvalue weighted by atomic mass is 9.93. The Labute approximate surface area is 142 Å². The quantitative estimate of drug-likeness (QED) is 0.735. The number of sulfone groups is 1. The molecule has 3 rings (SSSR count). The van der Waals surface area contributed by atoms with Crippen LogP contribution in [0.4, 0.5) is 0 Å². The van der Waals surface area contributed by atoms with Crippen molar-refractivity contribution in [1.29, 1.82) is 0 Å². The first-order chi connectivity index (χ1) is 11.5. The second kappa shape index (κ2) is 6.40. The molecule has 0 fully saturated rings. The first kappa shape index (κ1) is 16.7. The van der Waals surface area contributed by atoms with Crippen LogP contribution in [0.3, 0.4) is 0 Å². The number of rotatable bonds is 6. The molecule has 0 bridgehead atoms. The Balaban J connectivity index is 2.31. The number of hydrogen-bond acceptors (Lipinski definition) is 3. The number of aromatic nitrogens is 2. The van der Waals surface area contributed by atoms with E-state index in [1.165, 1.54) is 6.26 Å². The van der Waals surface area contributed by atoms with Crippen LogP contribution in [-0.4, -0.2) is 24.6 Å². The minimum atomic E-state index is -3.45. The number of para-hydroxylation sites is 1. The standard InChI is InChI=1S/C19H22N2O2S/c1-3-4-12-19(24(2,22)23,17-11-7-8-13-20-17)18-14-15-9-5-6-10-16(15)21-18/h5-11,13-14,21H,3-4,12H2,1-2H3. The molecule has 0 aliphatic rings. The second-order valence-corrected chi connectivity index (χ2v) is 8.43. The Morgan fingerprint density at radius 2 is 1.88 bits per heavy atom. The predicted octanol–water partition coefficient (Wildman–Crippen LogP) is 4.04. The molecule has 5 heteroatoms. The summed E-state index contributed by atoms with van der Waals surface area (Å²) in [6.07, 6.45) is 5.20. The summed E-state index contributed by atoms with van der Waals surface area (Å²) in [5.74, 6) is 0. The fourth-order valence-corrected chi connectivity index (χ4v) is 4.82. The average Bonchev–Trinajstić information content (AvgIpc) is 2.99. The van der Waals surface area contributed by atoms with Gasteiger partial charge in [-0.1, -0.05) is 44.0 Å². The number of H-pyrrole nitrogens is 1. The molecular formula is C19H22N2O2S. The molecule has 1 aromatic carbocycles. The molecule has 0 radical (unpaired) electrons. The third-order valence-corrected chi connectivity index (χ3v) is 6.46. The highest BCUT2D eigenvalue weighted by molar-refractivity contribution is 7.91. The topological polar surface area (TPSA) is 62.8 Å². The van der Waals surface area contributed by atoms with E-state index in [0.29, 0.717) is 17.8 Å². The fourth-order valence-electron chi connectivity index (χ4n) is 3.29. The molecule has 0 amide bonds. The van der Waals surface area contributed by atoms with Crippen LogP contribution >= 0.6 is 0 Å². The number of pyridine rings is 1. The number of benzene rings is 1. The summed E-state index contributed by atoms with van der Waals surface area (Å²) in [6, 6.07) is 15.2. The van der Waals surface area contributed by atoms with Gasteiger partial charge in [-0.05, 0) is 36.1 Å². The highest BCUT2D eigenvalue weighted by atomic mass is 32.2. The maximum Gasteiger partial charge on any atom is 0.164 e. The van der Waals surface area contributed by atoms with Gasteiger partial charge in [0.15, 0.2) is 14.6 Å². The fraction of sp³-hybridized carbons (Fsp3) is 0.316. The van der Waals surface area contributed by atoms with Crippen LogP contribution in [-0.2, 0) is 14.6 Å². The van der Waals surface area contributed by atoms with Crippen molar-refractivity contribution in [3.05, 3.63) is 66.1 Å². The van der Waals surface area contributed by atoms with Crippen LogP contribution in [0.5, 0.6) is 0 Å². The van der Waals surface area contributed by atoms with Gasteiger partial charge >= 0.3 is 0 Å². The first-order valence-electron chi connectivity index (χ1n) is 8.18. The van der Waals surface area contributed by atoms with E-state index in [1.54, 1.807) is 6.20 Å². The van der Waals surface area contributed by atoms with Crippen molar-refractivity contribution in [2.45, 2.75) is 30.9 Å². The lowest BCUT2D eigenvalue weighted by Gasteiger charge is -2.31. The highest BCUT2D eigenvalue weighted by Gasteiger charge is 2.46. The van der Waals surface area contributed by atoms with Crippen molar-refractivity contribution in [3.63, 3.8) is 0 Å². The molecule has 1 atom stereocenters. The van der Waals surface area contributed by atoms with Crippen molar-refractivity contribution in [3.8, 4) is 0 Å². The van der Waals surface area contributed by atoms with E-state index in [-0.39, 0.29) is 0 Å². The van der Waals surface area contributed by atoms with Gasteiger partial charge in [-0.3, -0.25) is 4.98 Å². The Morgan fingerprint density at radius 3 is 2.50 bits per heavy atom. The van der Waals surface area contributed by atoms with Gasteiger partial charge in [0.1, 0.15) is 0 Å². The molecular weight excluding hydrogens is 320 g/mol. The zero-order chi connectivity index (χ0) is 17.2. The molecule has 1 unspecified atom stereocenters. The van der Waals surface area contributed by atoms with Crippen LogP contribution in [0.25, 0.3) is 10.9 Å². The summed E-state index contributed by atoms with van der Waals surface area (Å²) in [7, 11) is -3.45. The maximum atomic E-state index is 13.0. The van der Waals surface area contributed by atoms with E-state index >= 15 is 0 Å². The molecule has 126 valence electrons. The number of hydrogen-bond donors (Lipinski definition) is 1. The van der Waals surface area contributed by atoms with Gasteiger partial charge in [0.2, 0.25) is 0 Å². The largest absolute Gasteiger partial charge is 0.357 e. The summed E-state index contributed by atoms with van der Waals surface area (Å²) < 4.78 is 24.8. The molecule has 2 aromatic heterocycles. The second-order valence-electron chi connectivity index (χ2n) is 6.19. The zero-order valence-corrected chi connectivity index (χ0v) is 14.8. The van der Waals surface area contributed by atoms with Crippen molar-refractivity contribution in [1.82, 2.24) is 9.97 Å². The van der Waals surface area contributed by atoms with Crippen molar-refractivity contribution in [2.75, 3.05) is 6.26 Å². The average molecular weight is 342 g/mol. The van der Waals surface area contributed by atoms with Gasteiger partial charge < -0.3 is 4.98 Å². The summed E-state index contributed by atoms with van der Waals surface area (Å²) in [6.45, 7) is 2.07. The number of fused-ring (bicyclic) bond motifs is 1. The Hall–Kier alpha value is -2.14. The highest BCUT2D eigenvalue weighted by Crippen LogP contribution is 2.41. The predicted molar refractivity (Wildman–Crippen MR) is 97.7 cm³/mol. The van der Waals surface area contributed by atoms with Crippen LogP contribution in [0.2, 0.25) is 0 Å². The zero-order valence-electron chi connectivity index (χ0n) is 14.0. The summed E-state index contributed by atoms with van der Waals surface area (Å²) >= 11 is 0. The third kappa shape index (κ3) is 2.73. The molecule has 1 N–H and O–H groups in total. The lowest BCUT2D eigenvalue weighted by molar-refractivity contribution is 0.514. The van der Waals surface area contributed by atoms with Gasteiger partial charge in [0.25, 0.3) is 0 Å².